The number of nitrogens with zero attached hydrogens (tertiary/aromatic N) is 5. The highest BCUT2D eigenvalue weighted by molar-refractivity contribution is 6.28. The predicted molar refractivity (Wildman–Crippen MR) is 126 cm³/mol. The number of halogens is 1. The number of aliphatic hydroxyl groups excluding tert-OH is 3. The molecule has 0 spiro atoms. The van der Waals surface area contributed by atoms with Crippen LogP contribution in [0, 0.1) is 0 Å². The number of rotatable bonds is 8. The number of aromatic nitrogens is 5. The topological polar surface area (TPSA) is 152 Å². The van der Waals surface area contributed by atoms with Gasteiger partial charge in [0, 0.05) is 6.07 Å². The van der Waals surface area contributed by atoms with E-state index in [1.165, 1.54) is 10.9 Å². The number of aryl methyl sites for hydroxylation is 1. The van der Waals surface area contributed by atoms with Crippen LogP contribution in [0.3, 0.4) is 0 Å². The van der Waals surface area contributed by atoms with E-state index in [-0.39, 0.29) is 17.9 Å². The quantitative estimate of drug-likeness (QED) is 0.264. The molecule has 4 aromatic rings. The molecule has 3 aromatic heterocycles. The van der Waals surface area contributed by atoms with Gasteiger partial charge in [0.2, 0.25) is 5.28 Å². The van der Waals surface area contributed by atoms with Crippen molar-refractivity contribution in [1.29, 1.82) is 0 Å². The summed E-state index contributed by atoms with van der Waals surface area (Å²) >= 11 is 6.21. The molecule has 11 nitrogen and oxygen atoms in total. The SMILES string of the molecule is CCc1cc([C@H]2O[C@@H](n3cnc4c(N[C@H](CO)Cc5ccccc5)nc(Cl)nc43)C(O)C2O)on1. The Kier molecular flexibility index (Phi) is 6.67. The molecule has 4 heterocycles. The molecule has 0 bridgehead atoms. The van der Waals surface area contributed by atoms with Gasteiger partial charge in [-0.2, -0.15) is 9.97 Å². The second kappa shape index (κ2) is 9.88. The Balaban J connectivity index is 1.43. The molecule has 35 heavy (non-hydrogen) atoms. The van der Waals surface area contributed by atoms with E-state index < -0.39 is 24.5 Å². The molecule has 5 rings (SSSR count). The van der Waals surface area contributed by atoms with Gasteiger partial charge in [-0.15, -0.1) is 0 Å². The molecule has 0 saturated carbocycles. The summed E-state index contributed by atoms with van der Waals surface area (Å²) in [6, 6.07) is 11.1. The number of fused-ring (bicyclic) bond motifs is 1. The van der Waals surface area contributed by atoms with Crippen molar-refractivity contribution in [3.8, 4) is 0 Å². The van der Waals surface area contributed by atoms with Crippen LogP contribution < -0.4 is 5.32 Å². The molecule has 12 heteroatoms. The van der Waals surface area contributed by atoms with Crippen molar-refractivity contribution in [3.05, 3.63) is 65.0 Å². The zero-order valence-electron chi connectivity index (χ0n) is 18.8. The van der Waals surface area contributed by atoms with E-state index in [2.05, 4.69) is 25.4 Å². The number of imidazole rings is 1. The number of ether oxygens (including phenoxy) is 1. The Morgan fingerprint density at radius 2 is 1.97 bits per heavy atom. The third kappa shape index (κ3) is 4.60. The molecule has 5 atom stereocenters. The Morgan fingerprint density at radius 1 is 1.17 bits per heavy atom. The summed E-state index contributed by atoms with van der Waals surface area (Å²) in [6.45, 7) is 1.78. The molecule has 1 saturated heterocycles. The third-order valence-electron chi connectivity index (χ3n) is 6.01. The van der Waals surface area contributed by atoms with Crippen molar-refractivity contribution in [1.82, 2.24) is 24.7 Å². The lowest BCUT2D eigenvalue weighted by molar-refractivity contribution is -0.0434. The molecule has 184 valence electrons. The molecule has 4 N–H and O–H groups in total. The van der Waals surface area contributed by atoms with Crippen LogP contribution >= 0.6 is 11.6 Å². The van der Waals surface area contributed by atoms with Crippen molar-refractivity contribution in [2.75, 3.05) is 11.9 Å². The lowest BCUT2D eigenvalue weighted by Crippen LogP contribution is -2.29. The van der Waals surface area contributed by atoms with Gasteiger partial charge in [0.25, 0.3) is 0 Å². The van der Waals surface area contributed by atoms with Gasteiger partial charge in [-0.25, -0.2) is 4.98 Å². The smallest absolute Gasteiger partial charge is 0.226 e. The van der Waals surface area contributed by atoms with Gasteiger partial charge in [0.05, 0.1) is 24.7 Å². The number of nitrogens with one attached hydrogen (secondary N) is 1. The molecular formula is C23H25ClN6O5. The molecule has 1 aromatic carbocycles. The van der Waals surface area contributed by atoms with Gasteiger partial charge in [-0.1, -0.05) is 42.4 Å². The van der Waals surface area contributed by atoms with E-state index in [0.29, 0.717) is 41.3 Å². The van der Waals surface area contributed by atoms with E-state index in [0.717, 1.165) is 5.56 Å². The first kappa shape index (κ1) is 23.6. The monoisotopic (exact) mass is 500 g/mol. The van der Waals surface area contributed by atoms with Crippen LogP contribution in [0.2, 0.25) is 5.28 Å². The Hall–Kier alpha value is -3.09. The van der Waals surface area contributed by atoms with Gasteiger partial charge < -0.3 is 29.9 Å². The maximum absolute atomic E-state index is 10.8. The van der Waals surface area contributed by atoms with E-state index in [9.17, 15) is 15.3 Å². The second-order valence-electron chi connectivity index (χ2n) is 8.38. The largest absolute Gasteiger partial charge is 0.394 e. The molecule has 1 aliphatic heterocycles. The molecule has 2 unspecified atom stereocenters. The van der Waals surface area contributed by atoms with Gasteiger partial charge >= 0.3 is 0 Å². The zero-order valence-corrected chi connectivity index (χ0v) is 19.6. The second-order valence-corrected chi connectivity index (χ2v) is 8.72. The molecular weight excluding hydrogens is 476 g/mol. The molecule has 1 fully saturated rings. The highest BCUT2D eigenvalue weighted by Gasteiger charge is 2.47. The van der Waals surface area contributed by atoms with Crippen molar-refractivity contribution in [3.63, 3.8) is 0 Å². The van der Waals surface area contributed by atoms with Crippen LogP contribution in [0.25, 0.3) is 11.2 Å². The number of hydrogen-bond donors (Lipinski definition) is 4. The molecule has 0 amide bonds. The third-order valence-corrected chi connectivity index (χ3v) is 6.18. The van der Waals surface area contributed by atoms with Crippen LogP contribution in [-0.2, 0) is 17.6 Å². The fourth-order valence-corrected chi connectivity index (χ4v) is 4.35. The Morgan fingerprint density at radius 3 is 2.69 bits per heavy atom. The first-order valence-corrected chi connectivity index (χ1v) is 11.6. The minimum Gasteiger partial charge on any atom is -0.394 e. The number of hydrogen-bond acceptors (Lipinski definition) is 10. The van der Waals surface area contributed by atoms with Crippen molar-refractivity contribution in [2.45, 2.75) is 50.3 Å². The van der Waals surface area contributed by atoms with Gasteiger partial charge in [-0.05, 0) is 30.0 Å². The molecule has 1 aliphatic rings. The van der Waals surface area contributed by atoms with Crippen LogP contribution in [0.15, 0.2) is 47.2 Å². The highest BCUT2D eigenvalue weighted by atomic mass is 35.5. The van der Waals surface area contributed by atoms with E-state index in [4.69, 9.17) is 20.9 Å². The van der Waals surface area contributed by atoms with Gasteiger partial charge in [0.1, 0.15) is 18.3 Å². The van der Waals surface area contributed by atoms with Crippen LogP contribution in [0.5, 0.6) is 0 Å². The average Bonchev–Trinajstić information content (AvgIpc) is 3.57. The van der Waals surface area contributed by atoms with Gasteiger partial charge in [-0.3, -0.25) is 4.57 Å². The van der Waals surface area contributed by atoms with E-state index >= 15 is 0 Å². The normalized spacial score (nSPS) is 23.1. The van der Waals surface area contributed by atoms with E-state index in [1.54, 1.807) is 6.07 Å². The molecule has 0 radical (unpaired) electrons. The number of anilines is 1. The summed E-state index contributed by atoms with van der Waals surface area (Å²) in [4.78, 5) is 12.9. The first-order valence-electron chi connectivity index (χ1n) is 11.3. The fourth-order valence-electron chi connectivity index (χ4n) is 4.18. The summed E-state index contributed by atoms with van der Waals surface area (Å²) in [5.74, 6) is 0.656. The molecule has 0 aliphatic carbocycles. The number of benzene rings is 1. The van der Waals surface area contributed by atoms with Crippen molar-refractivity contribution < 1.29 is 24.6 Å². The van der Waals surface area contributed by atoms with Crippen LogP contribution in [-0.4, -0.2) is 64.9 Å². The highest BCUT2D eigenvalue weighted by Crippen LogP contribution is 2.40. The van der Waals surface area contributed by atoms with Crippen molar-refractivity contribution >= 4 is 28.6 Å². The first-order chi connectivity index (χ1) is 17.0. The lowest BCUT2D eigenvalue weighted by atomic mass is 10.1. The summed E-state index contributed by atoms with van der Waals surface area (Å²) in [5.41, 5.74) is 2.43. The average molecular weight is 501 g/mol. The van der Waals surface area contributed by atoms with Gasteiger partial charge in [0.15, 0.2) is 29.0 Å². The zero-order chi connectivity index (χ0) is 24.5. The van der Waals surface area contributed by atoms with Crippen molar-refractivity contribution in [2.24, 2.45) is 0 Å². The fraction of sp³-hybridized carbons (Fsp3) is 0.391. The summed E-state index contributed by atoms with van der Waals surface area (Å²) in [5, 5.41) is 38.4. The predicted octanol–water partition coefficient (Wildman–Crippen LogP) is 2.04. The minimum absolute atomic E-state index is 0.0504. The summed E-state index contributed by atoms with van der Waals surface area (Å²) < 4.78 is 12.8. The maximum atomic E-state index is 10.8. The summed E-state index contributed by atoms with van der Waals surface area (Å²) in [6.07, 6.45) is -1.82. The maximum Gasteiger partial charge on any atom is 0.226 e. The minimum atomic E-state index is -1.29. The summed E-state index contributed by atoms with van der Waals surface area (Å²) in [7, 11) is 0. The number of aliphatic hydroxyl groups is 3. The Labute approximate surface area is 205 Å². The Bertz CT molecular complexity index is 1300. The van der Waals surface area contributed by atoms with Crippen LogP contribution in [0.1, 0.15) is 36.3 Å². The van der Waals surface area contributed by atoms with E-state index in [1.807, 2.05) is 37.3 Å². The standard InChI is InChI=1S/C23H25ClN6O5/c1-2-13-9-15(35-29-13)19-17(32)18(33)22(34-19)30-11-25-16-20(27-23(24)28-21(16)30)26-14(10-31)8-12-6-4-3-5-7-12/h3-7,9,11,14,17-19,22,31-33H,2,8,10H2,1H3,(H,26,27,28)/t14-,17?,18?,19+,22+/m0/s1. The van der Waals surface area contributed by atoms with Crippen LogP contribution in [0.4, 0.5) is 5.82 Å². The lowest BCUT2D eigenvalue weighted by Gasteiger charge is -2.18.